The first-order valence-electron chi connectivity index (χ1n) is 14.4. The first-order valence-corrected chi connectivity index (χ1v) is 14.4. The van der Waals surface area contributed by atoms with Crippen LogP contribution in [-0.2, 0) is 14.3 Å². The van der Waals surface area contributed by atoms with E-state index in [2.05, 4.69) is 20.8 Å². The Morgan fingerprint density at radius 3 is 1.76 bits per heavy atom. The zero-order chi connectivity index (χ0) is 24.3. The largest absolute Gasteiger partial charge is 0.481 e. The number of aliphatic carboxylic acids is 1. The summed E-state index contributed by atoms with van der Waals surface area (Å²) in [6.07, 6.45) is 22.5. The number of hydrogen-bond acceptors (Lipinski definition) is 3. The monoisotopic (exact) mass is 466 g/mol. The Labute approximate surface area is 204 Å². The van der Waals surface area contributed by atoms with Crippen molar-refractivity contribution in [3.63, 3.8) is 0 Å². The Kier molecular flexibility index (Phi) is 17.5. The van der Waals surface area contributed by atoms with Crippen LogP contribution >= 0.6 is 0 Å². The normalized spacial score (nSPS) is 19.5. The molecule has 0 heterocycles. The lowest BCUT2D eigenvalue weighted by atomic mass is 9.81. The Balaban J connectivity index is 2.36. The van der Waals surface area contributed by atoms with Gasteiger partial charge in [-0.25, -0.2) is 0 Å². The molecule has 4 heteroatoms. The van der Waals surface area contributed by atoms with E-state index in [1.54, 1.807) is 0 Å². The lowest BCUT2D eigenvalue weighted by Gasteiger charge is -2.27. The molecule has 0 aromatic carbocycles. The summed E-state index contributed by atoms with van der Waals surface area (Å²) >= 11 is 0. The van der Waals surface area contributed by atoms with Crippen LogP contribution in [0.15, 0.2) is 0 Å². The fourth-order valence-electron chi connectivity index (χ4n) is 5.11. The van der Waals surface area contributed by atoms with Crippen molar-refractivity contribution < 1.29 is 19.4 Å². The smallest absolute Gasteiger partial charge is 0.309 e. The van der Waals surface area contributed by atoms with Crippen molar-refractivity contribution in [2.24, 2.45) is 17.8 Å². The Morgan fingerprint density at radius 1 is 0.758 bits per heavy atom. The van der Waals surface area contributed by atoms with E-state index in [0.717, 1.165) is 44.4 Å². The molecule has 33 heavy (non-hydrogen) atoms. The topological polar surface area (TPSA) is 63.6 Å². The zero-order valence-corrected chi connectivity index (χ0v) is 22.1. The maximum atomic E-state index is 12.8. The molecule has 3 unspecified atom stereocenters. The molecular formula is C29H54O4. The van der Waals surface area contributed by atoms with E-state index in [1.165, 1.54) is 77.0 Å². The van der Waals surface area contributed by atoms with Gasteiger partial charge in [0.2, 0.25) is 0 Å². The van der Waals surface area contributed by atoms with Gasteiger partial charge in [-0.15, -0.1) is 0 Å². The summed E-state index contributed by atoms with van der Waals surface area (Å²) < 4.78 is 6.00. The van der Waals surface area contributed by atoms with Crippen LogP contribution in [-0.4, -0.2) is 23.1 Å². The van der Waals surface area contributed by atoms with Crippen LogP contribution in [0, 0.1) is 17.8 Å². The third kappa shape index (κ3) is 15.5. The Morgan fingerprint density at radius 2 is 1.24 bits per heavy atom. The molecule has 0 aromatic heterocycles. The standard InChI is InChI=1S/C29H54O4/c1-4-5-6-7-8-12-15-21-27(22-16-13-10-9-11-14-18-24(2)3)33-29(32)26-20-17-19-25(23-26)28(30)31/h24-27H,4-23H2,1-3H3,(H,30,31). The molecule has 0 amide bonds. The first kappa shape index (κ1) is 30.0. The quantitative estimate of drug-likeness (QED) is 0.144. The average Bonchev–Trinajstić information content (AvgIpc) is 2.79. The molecule has 1 fully saturated rings. The molecule has 1 aliphatic rings. The molecule has 1 N–H and O–H groups in total. The number of hydrogen-bond donors (Lipinski definition) is 1. The van der Waals surface area contributed by atoms with Gasteiger partial charge in [-0.3, -0.25) is 9.59 Å². The minimum Gasteiger partial charge on any atom is -0.481 e. The molecule has 3 atom stereocenters. The highest BCUT2D eigenvalue weighted by molar-refractivity contribution is 5.75. The van der Waals surface area contributed by atoms with Crippen molar-refractivity contribution in [1.82, 2.24) is 0 Å². The summed E-state index contributed by atoms with van der Waals surface area (Å²) in [6, 6.07) is 0. The van der Waals surface area contributed by atoms with Crippen LogP contribution in [0.3, 0.4) is 0 Å². The van der Waals surface area contributed by atoms with E-state index < -0.39 is 5.97 Å². The maximum Gasteiger partial charge on any atom is 0.309 e. The van der Waals surface area contributed by atoms with Gasteiger partial charge in [0.25, 0.3) is 0 Å². The van der Waals surface area contributed by atoms with Gasteiger partial charge in [0.15, 0.2) is 0 Å². The predicted octanol–water partition coefficient (Wildman–Crippen LogP) is 8.71. The lowest BCUT2D eigenvalue weighted by Crippen LogP contribution is -2.31. The second kappa shape index (κ2) is 19.3. The van der Waals surface area contributed by atoms with E-state index in [-0.39, 0.29) is 23.9 Å². The SMILES string of the molecule is CCCCCCCCCC(CCCCCCCCC(C)C)OC(=O)C1CCCC(C(=O)O)C1. The van der Waals surface area contributed by atoms with Crippen LogP contribution in [0.4, 0.5) is 0 Å². The minimum absolute atomic E-state index is 0.0132. The van der Waals surface area contributed by atoms with Crippen molar-refractivity contribution in [2.45, 2.75) is 155 Å². The summed E-state index contributed by atoms with van der Waals surface area (Å²) in [5.41, 5.74) is 0. The molecule has 4 nitrogen and oxygen atoms in total. The van der Waals surface area contributed by atoms with E-state index in [9.17, 15) is 14.7 Å². The lowest BCUT2D eigenvalue weighted by molar-refractivity contribution is -0.158. The first-order chi connectivity index (χ1) is 15.9. The Bertz CT molecular complexity index is 502. The molecule has 0 radical (unpaired) electrons. The van der Waals surface area contributed by atoms with Gasteiger partial charge >= 0.3 is 11.9 Å². The molecule has 1 aliphatic carbocycles. The number of rotatable bonds is 20. The van der Waals surface area contributed by atoms with E-state index >= 15 is 0 Å². The third-order valence-electron chi connectivity index (χ3n) is 7.33. The number of esters is 1. The van der Waals surface area contributed by atoms with Gasteiger partial charge in [-0.2, -0.15) is 0 Å². The zero-order valence-electron chi connectivity index (χ0n) is 22.1. The summed E-state index contributed by atoms with van der Waals surface area (Å²) in [5.74, 6) is -0.698. The molecule has 0 saturated heterocycles. The average molecular weight is 467 g/mol. The van der Waals surface area contributed by atoms with Crippen LogP contribution in [0.2, 0.25) is 0 Å². The molecule has 194 valence electrons. The van der Waals surface area contributed by atoms with E-state index in [1.807, 2.05) is 0 Å². The van der Waals surface area contributed by atoms with Crippen LogP contribution in [0.5, 0.6) is 0 Å². The van der Waals surface area contributed by atoms with Crippen LogP contribution in [0.25, 0.3) is 0 Å². The summed E-state index contributed by atoms with van der Waals surface area (Å²) in [5, 5.41) is 9.34. The highest BCUT2D eigenvalue weighted by Crippen LogP contribution is 2.31. The van der Waals surface area contributed by atoms with Gasteiger partial charge in [0, 0.05) is 0 Å². The van der Waals surface area contributed by atoms with Crippen LogP contribution in [0.1, 0.15) is 149 Å². The third-order valence-corrected chi connectivity index (χ3v) is 7.33. The van der Waals surface area contributed by atoms with Gasteiger partial charge < -0.3 is 9.84 Å². The second-order valence-corrected chi connectivity index (χ2v) is 11.0. The van der Waals surface area contributed by atoms with Gasteiger partial charge in [-0.1, -0.05) is 104 Å². The van der Waals surface area contributed by atoms with E-state index in [4.69, 9.17) is 4.74 Å². The number of carbonyl (C=O) groups excluding carboxylic acids is 1. The highest BCUT2D eigenvalue weighted by atomic mass is 16.5. The fraction of sp³-hybridized carbons (Fsp3) is 0.931. The molecule has 1 saturated carbocycles. The highest BCUT2D eigenvalue weighted by Gasteiger charge is 2.32. The van der Waals surface area contributed by atoms with Crippen molar-refractivity contribution >= 4 is 11.9 Å². The number of ether oxygens (including phenoxy) is 1. The molecular weight excluding hydrogens is 412 g/mol. The number of carbonyl (C=O) groups is 2. The van der Waals surface area contributed by atoms with Gasteiger partial charge in [-0.05, 0) is 50.9 Å². The van der Waals surface area contributed by atoms with Gasteiger partial charge in [0.1, 0.15) is 6.10 Å². The van der Waals surface area contributed by atoms with Gasteiger partial charge in [0.05, 0.1) is 11.8 Å². The molecule has 0 spiro atoms. The summed E-state index contributed by atoms with van der Waals surface area (Å²) in [6.45, 7) is 6.83. The van der Waals surface area contributed by atoms with Crippen molar-refractivity contribution in [2.75, 3.05) is 0 Å². The molecule has 1 rings (SSSR count). The molecule has 0 aromatic rings. The predicted molar refractivity (Wildman–Crippen MR) is 137 cm³/mol. The minimum atomic E-state index is -0.763. The number of carboxylic acids is 1. The van der Waals surface area contributed by atoms with Crippen molar-refractivity contribution in [3.05, 3.63) is 0 Å². The fourth-order valence-corrected chi connectivity index (χ4v) is 5.11. The Hall–Kier alpha value is -1.06. The van der Waals surface area contributed by atoms with Crippen molar-refractivity contribution in [3.8, 4) is 0 Å². The molecule has 0 aliphatic heterocycles. The van der Waals surface area contributed by atoms with E-state index in [0.29, 0.717) is 12.8 Å². The van der Waals surface area contributed by atoms with Crippen molar-refractivity contribution in [1.29, 1.82) is 0 Å². The van der Waals surface area contributed by atoms with Crippen LogP contribution < -0.4 is 0 Å². The summed E-state index contributed by atoms with van der Waals surface area (Å²) in [7, 11) is 0. The maximum absolute atomic E-state index is 12.8. The summed E-state index contributed by atoms with van der Waals surface area (Å²) in [4.78, 5) is 24.2. The second-order valence-electron chi connectivity index (χ2n) is 11.0. The number of unbranched alkanes of at least 4 members (excludes halogenated alkanes) is 11. The number of carboxylic acid groups (broad SMARTS) is 1. The molecule has 0 bridgehead atoms.